The van der Waals surface area contributed by atoms with Gasteiger partial charge < -0.3 is 11.5 Å². The van der Waals surface area contributed by atoms with Gasteiger partial charge in [-0.2, -0.15) is 5.10 Å². The maximum atomic E-state index is 12.5. The van der Waals surface area contributed by atoms with Gasteiger partial charge in [-0.05, 0) is 25.1 Å². The minimum Gasteiger partial charge on any atom is -0.398 e. The van der Waals surface area contributed by atoms with Crippen LogP contribution in [0.4, 0.5) is 11.5 Å². The topological polar surface area (TPSA) is 104 Å². The number of nitrogens with zero attached hydrogens (tertiary/aromatic N) is 2. The van der Waals surface area contributed by atoms with E-state index in [1.165, 1.54) is 22.9 Å². The van der Waals surface area contributed by atoms with E-state index in [0.717, 1.165) is 0 Å². The molecule has 0 radical (unpaired) electrons. The monoisotopic (exact) mass is 300 g/mol. The molecular formula is C11H13ClN4O2S. The van der Waals surface area contributed by atoms with E-state index in [-0.39, 0.29) is 20.6 Å². The van der Waals surface area contributed by atoms with Gasteiger partial charge in [-0.15, -0.1) is 0 Å². The van der Waals surface area contributed by atoms with Crippen LogP contribution in [0.1, 0.15) is 5.69 Å². The molecule has 0 atom stereocenters. The van der Waals surface area contributed by atoms with Crippen molar-refractivity contribution in [2.45, 2.75) is 16.7 Å². The Morgan fingerprint density at radius 2 is 1.95 bits per heavy atom. The van der Waals surface area contributed by atoms with Gasteiger partial charge in [0.1, 0.15) is 10.7 Å². The van der Waals surface area contributed by atoms with Gasteiger partial charge in [0, 0.05) is 7.05 Å². The van der Waals surface area contributed by atoms with Crippen molar-refractivity contribution in [3.8, 4) is 0 Å². The number of anilines is 2. The summed E-state index contributed by atoms with van der Waals surface area (Å²) in [5, 5.41) is 4.18. The average Bonchev–Trinajstić information content (AvgIpc) is 2.57. The molecule has 0 spiro atoms. The molecule has 0 aliphatic heterocycles. The highest BCUT2D eigenvalue weighted by Gasteiger charge is 2.27. The van der Waals surface area contributed by atoms with Crippen molar-refractivity contribution in [3.63, 3.8) is 0 Å². The molecule has 0 saturated carbocycles. The Labute approximate surface area is 115 Å². The Hall–Kier alpha value is -1.73. The first kappa shape index (κ1) is 13.7. The fourth-order valence-electron chi connectivity index (χ4n) is 1.78. The molecule has 1 aromatic carbocycles. The molecule has 1 aromatic heterocycles. The van der Waals surface area contributed by atoms with Crippen LogP contribution in [0, 0.1) is 6.92 Å². The number of aromatic nitrogens is 2. The molecule has 0 aliphatic rings. The molecule has 4 N–H and O–H groups in total. The molecular weight excluding hydrogens is 288 g/mol. The average molecular weight is 301 g/mol. The lowest BCUT2D eigenvalue weighted by atomic mass is 10.3. The third-order valence-electron chi connectivity index (χ3n) is 2.76. The van der Waals surface area contributed by atoms with Crippen molar-refractivity contribution in [1.82, 2.24) is 9.78 Å². The van der Waals surface area contributed by atoms with Gasteiger partial charge in [-0.25, -0.2) is 8.42 Å². The fourth-order valence-corrected chi connectivity index (χ4v) is 3.62. The zero-order valence-electron chi connectivity index (χ0n) is 10.4. The normalized spacial score (nSPS) is 11.7. The standard InChI is InChI=1S/C11H13ClN4O2S/c1-6-10(11(14)16(2)15-6)19(17,18)7-3-4-9(13)8(12)5-7/h3-5H,13-14H2,1-2H3. The molecule has 1 heterocycles. The highest BCUT2D eigenvalue weighted by Crippen LogP contribution is 2.31. The number of hydrogen-bond acceptors (Lipinski definition) is 5. The van der Waals surface area contributed by atoms with E-state index in [0.29, 0.717) is 11.4 Å². The molecule has 2 rings (SSSR count). The van der Waals surface area contributed by atoms with Crippen molar-refractivity contribution < 1.29 is 8.42 Å². The molecule has 0 saturated heterocycles. The van der Waals surface area contributed by atoms with E-state index in [4.69, 9.17) is 23.1 Å². The zero-order valence-corrected chi connectivity index (χ0v) is 12.0. The number of nitrogen functional groups attached to an aromatic ring is 2. The van der Waals surface area contributed by atoms with Crippen LogP contribution in [-0.2, 0) is 16.9 Å². The van der Waals surface area contributed by atoms with Crippen LogP contribution in [-0.4, -0.2) is 18.2 Å². The highest BCUT2D eigenvalue weighted by molar-refractivity contribution is 7.91. The first-order valence-electron chi connectivity index (χ1n) is 5.34. The van der Waals surface area contributed by atoms with E-state index in [2.05, 4.69) is 5.10 Å². The van der Waals surface area contributed by atoms with Gasteiger partial charge in [-0.3, -0.25) is 4.68 Å². The molecule has 19 heavy (non-hydrogen) atoms. The third kappa shape index (κ3) is 2.15. The van der Waals surface area contributed by atoms with Crippen LogP contribution >= 0.6 is 11.6 Å². The molecule has 0 amide bonds. The summed E-state index contributed by atoms with van der Waals surface area (Å²) in [6.45, 7) is 1.59. The molecule has 8 heteroatoms. The van der Waals surface area contributed by atoms with Crippen LogP contribution in [0.25, 0.3) is 0 Å². The van der Waals surface area contributed by atoms with Crippen molar-refractivity contribution >= 4 is 32.9 Å². The Balaban J connectivity index is 2.69. The van der Waals surface area contributed by atoms with Gasteiger partial charge in [0.05, 0.1) is 21.3 Å². The summed E-state index contributed by atoms with van der Waals surface area (Å²) in [5.41, 5.74) is 12.0. The lowest BCUT2D eigenvalue weighted by molar-refractivity contribution is 0.596. The Morgan fingerprint density at radius 1 is 1.32 bits per heavy atom. The quantitative estimate of drug-likeness (QED) is 0.815. The van der Waals surface area contributed by atoms with Gasteiger partial charge in [-0.1, -0.05) is 11.6 Å². The fraction of sp³-hybridized carbons (Fsp3) is 0.182. The van der Waals surface area contributed by atoms with Crippen LogP contribution < -0.4 is 11.5 Å². The van der Waals surface area contributed by atoms with Gasteiger partial charge in [0.2, 0.25) is 9.84 Å². The lowest BCUT2D eigenvalue weighted by Gasteiger charge is -2.06. The number of rotatable bonds is 2. The number of aryl methyl sites for hydroxylation is 2. The number of sulfone groups is 1. The number of hydrogen-bond donors (Lipinski definition) is 2. The van der Waals surface area contributed by atoms with Crippen molar-refractivity contribution in [2.75, 3.05) is 11.5 Å². The van der Waals surface area contributed by atoms with E-state index in [1.54, 1.807) is 14.0 Å². The van der Waals surface area contributed by atoms with E-state index >= 15 is 0 Å². The largest absolute Gasteiger partial charge is 0.398 e. The minimum atomic E-state index is -3.77. The summed E-state index contributed by atoms with van der Waals surface area (Å²) in [7, 11) is -2.19. The molecule has 102 valence electrons. The van der Waals surface area contributed by atoms with Crippen LogP contribution in [0.3, 0.4) is 0 Å². The second-order valence-electron chi connectivity index (χ2n) is 4.11. The number of halogens is 1. The van der Waals surface area contributed by atoms with Crippen LogP contribution in [0.5, 0.6) is 0 Å². The number of nitrogens with two attached hydrogens (primary N) is 2. The molecule has 0 fully saturated rings. The predicted molar refractivity (Wildman–Crippen MR) is 73.7 cm³/mol. The maximum absolute atomic E-state index is 12.5. The van der Waals surface area contributed by atoms with Crippen LogP contribution in [0.2, 0.25) is 5.02 Å². The SMILES string of the molecule is Cc1nn(C)c(N)c1S(=O)(=O)c1ccc(N)c(Cl)c1. The molecule has 6 nitrogen and oxygen atoms in total. The summed E-state index contributed by atoms with van der Waals surface area (Å²) in [6.07, 6.45) is 0. The smallest absolute Gasteiger partial charge is 0.212 e. The molecule has 2 aromatic rings. The van der Waals surface area contributed by atoms with Crippen molar-refractivity contribution in [1.29, 1.82) is 0 Å². The Bertz CT molecular complexity index is 752. The van der Waals surface area contributed by atoms with Gasteiger partial charge in [0.25, 0.3) is 0 Å². The minimum absolute atomic E-state index is 0.00385. The third-order valence-corrected chi connectivity index (χ3v) is 5.00. The Morgan fingerprint density at radius 3 is 2.42 bits per heavy atom. The Kier molecular flexibility index (Phi) is 3.19. The molecule has 0 aliphatic carbocycles. The van der Waals surface area contributed by atoms with Crippen molar-refractivity contribution in [3.05, 3.63) is 28.9 Å². The number of benzene rings is 1. The lowest BCUT2D eigenvalue weighted by Crippen LogP contribution is -2.07. The maximum Gasteiger partial charge on any atom is 0.212 e. The predicted octanol–water partition coefficient (Wildman–Crippen LogP) is 1.38. The summed E-state index contributed by atoms with van der Waals surface area (Å²) in [4.78, 5) is 0.0327. The summed E-state index contributed by atoms with van der Waals surface area (Å²) >= 11 is 5.85. The van der Waals surface area contributed by atoms with Gasteiger partial charge >= 0.3 is 0 Å². The zero-order chi connectivity index (χ0) is 14.4. The van der Waals surface area contributed by atoms with Gasteiger partial charge in [0.15, 0.2) is 0 Å². The second-order valence-corrected chi connectivity index (χ2v) is 6.40. The van der Waals surface area contributed by atoms with E-state index < -0.39 is 9.84 Å². The van der Waals surface area contributed by atoms with E-state index in [9.17, 15) is 8.42 Å². The molecule has 0 unspecified atom stereocenters. The summed E-state index contributed by atoms with van der Waals surface area (Å²) in [5.74, 6) is 0.0884. The second kappa shape index (κ2) is 4.43. The highest BCUT2D eigenvalue weighted by atomic mass is 35.5. The van der Waals surface area contributed by atoms with E-state index in [1.807, 2.05) is 0 Å². The van der Waals surface area contributed by atoms with Crippen LogP contribution in [0.15, 0.2) is 28.0 Å². The van der Waals surface area contributed by atoms with Crippen molar-refractivity contribution in [2.24, 2.45) is 7.05 Å². The molecule has 0 bridgehead atoms. The first-order valence-corrected chi connectivity index (χ1v) is 7.20. The summed E-state index contributed by atoms with van der Waals surface area (Å²) < 4.78 is 26.4. The summed E-state index contributed by atoms with van der Waals surface area (Å²) in [6, 6.07) is 4.14. The first-order chi connectivity index (χ1) is 8.75.